The Morgan fingerprint density at radius 1 is 1.23 bits per heavy atom. The molecule has 2 N–H and O–H groups in total. The number of nitrogens with zero attached hydrogens (tertiary/aromatic N) is 2. The third kappa shape index (κ3) is 4.11. The second-order valence-electron chi connectivity index (χ2n) is 6.53. The molecule has 0 saturated heterocycles. The molecule has 5 nitrogen and oxygen atoms in total. The molecule has 0 amide bonds. The zero-order valence-electron chi connectivity index (χ0n) is 14.5. The van der Waals surface area contributed by atoms with Gasteiger partial charge in [-0.2, -0.15) is 0 Å². The highest BCUT2D eigenvalue weighted by Gasteiger charge is 2.26. The van der Waals surface area contributed by atoms with E-state index in [0.29, 0.717) is 12.2 Å². The molecule has 1 rings (SSSR count). The Morgan fingerprint density at radius 2 is 1.77 bits per heavy atom. The fourth-order valence-corrected chi connectivity index (χ4v) is 2.96. The third-order valence-corrected chi connectivity index (χ3v) is 3.91. The minimum atomic E-state index is -0.575. The van der Waals surface area contributed by atoms with Crippen molar-refractivity contribution in [2.24, 2.45) is 0 Å². The molecule has 0 radical (unpaired) electrons. The number of hydrogen-bond acceptors (Lipinski definition) is 4. The normalized spacial score (nSPS) is 12.1. The van der Waals surface area contributed by atoms with E-state index in [2.05, 4.69) is 18.7 Å². The Kier molecular flexibility index (Phi) is 6.63. The summed E-state index contributed by atoms with van der Waals surface area (Å²) in [6.07, 6.45) is 2.03. The average Bonchev–Trinajstić information content (AvgIpc) is 2.44. The summed E-state index contributed by atoms with van der Waals surface area (Å²) < 4.78 is 1.89. The van der Waals surface area contributed by atoms with Crippen LogP contribution in [0.3, 0.4) is 0 Å². The van der Waals surface area contributed by atoms with Crippen LogP contribution in [0.15, 0.2) is 10.9 Å². The van der Waals surface area contributed by atoms with Gasteiger partial charge in [0.1, 0.15) is 0 Å². The molecule has 0 spiro atoms. The van der Waals surface area contributed by atoms with Crippen molar-refractivity contribution in [3.63, 3.8) is 0 Å². The van der Waals surface area contributed by atoms with E-state index in [1.54, 1.807) is 0 Å². The number of pyridine rings is 1. The molecule has 1 aromatic rings. The van der Waals surface area contributed by atoms with Gasteiger partial charge >= 0.3 is 0 Å². The van der Waals surface area contributed by atoms with Crippen molar-refractivity contribution < 1.29 is 10.2 Å². The number of aromatic nitrogens is 1. The van der Waals surface area contributed by atoms with Gasteiger partial charge in [-0.1, -0.05) is 13.8 Å². The average molecular weight is 310 g/mol. The fraction of sp³-hybridized carbons (Fsp3) is 0.706. The van der Waals surface area contributed by atoms with E-state index in [1.807, 2.05) is 25.3 Å². The van der Waals surface area contributed by atoms with Crippen molar-refractivity contribution >= 4 is 0 Å². The number of aromatic hydroxyl groups is 1. The molecule has 0 atom stereocenters. The minimum Gasteiger partial charge on any atom is -0.503 e. The van der Waals surface area contributed by atoms with Crippen LogP contribution in [0.1, 0.15) is 51.9 Å². The van der Waals surface area contributed by atoms with Crippen LogP contribution in [-0.2, 0) is 12.1 Å². The van der Waals surface area contributed by atoms with Crippen LogP contribution in [0, 0.1) is 6.92 Å². The molecule has 0 fully saturated rings. The lowest BCUT2D eigenvalue weighted by molar-refractivity contribution is 0.151. The van der Waals surface area contributed by atoms with Crippen LogP contribution in [0.4, 0.5) is 0 Å². The van der Waals surface area contributed by atoms with Crippen molar-refractivity contribution in [3.8, 4) is 5.75 Å². The first-order valence-electron chi connectivity index (χ1n) is 8.06. The summed E-state index contributed by atoms with van der Waals surface area (Å²) in [6, 6.07) is 1.43. The van der Waals surface area contributed by atoms with Crippen LogP contribution >= 0.6 is 0 Å². The topological polar surface area (TPSA) is 65.7 Å². The van der Waals surface area contributed by atoms with Gasteiger partial charge in [0.15, 0.2) is 5.75 Å². The molecule has 0 aliphatic heterocycles. The van der Waals surface area contributed by atoms with E-state index in [0.717, 1.165) is 31.6 Å². The van der Waals surface area contributed by atoms with Crippen molar-refractivity contribution in [1.29, 1.82) is 0 Å². The summed E-state index contributed by atoms with van der Waals surface area (Å²) in [7, 11) is 0. The van der Waals surface area contributed by atoms with Gasteiger partial charge in [0, 0.05) is 18.3 Å². The number of hydrogen-bond donors (Lipinski definition) is 2. The molecule has 0 unspecified atom stereocenters. The van der Waals surface area contributed by atoms with Gasteiger partial charge in [-0.15, -0.1) is 0 Å². The summed E-state index contributed by atoms with van der Waals surface area (Å²) in [6.45, 7) is 12.1. The number of aliphatic hydroxyl groups excluding tert-OH is 1. The highest BCUT2D eigenvalue weighted by Crippen LogP contribution is 2.25. The number of aryl methyl sites for hydroxylation is 1. The standard InChI is InChI=1S/C17H30N2O3/c1-6-8-18(9-7-2)11-14-16(22)15(21)10-13(3)19(14)17(4,5)12-20/h10,20,22H,6-9,11-12H2,1-5H3. The van der Waals surface area contributed by atoms with Crippen LogP contribution in [0.5, 0.6) is 5.75 Å². The summed E-state index contributed by atoms with van der Waals surface area (Å²) >= 11 is 0. The van der Waals surface area contributed by atoms with Gasteiger partial charge < -0.3 is 14.8 Å². The molecular weight excluding hydrogens is 280 g/mol. The van der Waals surface area contributed by atoms with Gasteiger partial charge in [-0.25, -0.2) is 0 Å². The summed E-state index contributed by atoms with van der Waals surface area (Å²) in [5.74, 6) is -0.204. The lowest BCUT2D eigenvalue weighted by Crippen LogP contribution is -2.38. The lowest BCUT2D eigenvalue weighted by Gasteiger charge is -2.33. The Bertz CT molecular complexity index is 544. The molecule has 5 heteroatoms. The monoisotopic (exact) mass is 310 g/mol. The van der Waals surface area contributed by atoms with Crippen LogP contribution in [0.2, 0.25) is 0 Å². The summed E-state index contributed by atoms with van der Waals surface area (Å²) in [5, 5.41) is 20.0. The molecule has 0 aliphatic carbocycles. The van der Waals surface area contributed by atoms with Gasteiger partial charge in [-0.05, 0) is 46.7 Å². The summed E-state index contributed by atoms with van der Waals surface area (Å²) in [5.41, 5.74) is 0.413. The maximum atomic E-state index is 12.0. The third-order valence-electron chi connectivity index (χ3n) is 3.91. The molecule has 0 aromatic carbocycles. The second kappa shape index (κ2) is 7.79. The first-order chi connectivity index (χ1) is 10.3. The second-order valence-corrected chi connectivity index (χ2v) is 6.53. The highest BCUT2D eigenvalue weighted by atomic mass is 16.3. The minimum absolute atomic E-state index is 0.0648. The fourth-order valence-electron chi connectivity index (χ4n) is 2.96. The Morgan fingerprint density at radius 3 is 2.23 bits per heavy atom. The predicted molar refractivity (Wildman–Crippen MR) is 89.4 cm³/mol. The largest absolute Gasteiger partial charge is 0.503 e. The first-order valence-corrected chi connectivity index (χ1v) is 8.06. The summed E-state index contributed by atoms with van der Waals surface area (Å²) in [4.78, 5) is 14.2. The number of rotatable bonds is 8. The van der Waals surface area contributed by atoms with E-state index < -0.39 is 5.54 Å². The van der Waals surface area contributed by atoms with Crippen molar-refractivity contribution in [2.75, 3.05) is 19.7 Å². The number of aliphatic hydroxyl groups is 1. The van der Waals surface area contributed by atoms with Crippen molar-refractivity contribution in [2.45, 2.75) is 59.5 Å². The quantitative estimate of drug-likeness (QED) is 0.772. The first kappa shape index (κ1) is 18.7. The van der Waals surface area contributed by atoms with Crippen molar-refractivity contribution in [1.82, 2.24) is 9.47 Å². The lowest BCUT2D eigenvalue weighted by atomic mass is 10.0. The zero-order chi connectivity index (χ0) is 16.9. The maximum Gasteiger partial charge on any atom is 0.223 e. The Labute approximate surface area is 133 Å². The maximum absolute atomic E-state index is 12.0. The molecule has 0 aliphatic rings. The SMILES string of the molecule is CCCN(CCC)Cc1c(O)c(=O)cc(C)n1C(C)(C)CO. The van der Waals surface area contributed by atoms with E-state index in [4.69, 9.17) is 0 Å². The van der Waals surface area contributed by atoms with E-state index in [-0.39, 0.29) is 17.8 Å². The highest BCUT2D eigenvalue weighted by molar-refractivity contribution is 5.31. The molecule has 126 valence electrons. The molecule has 1 aromatic heterocycles. The molecule has 1 heterocycles. The van der Waals surface area contributed by atoms with Crippen LogP contribution in [0.25, 0.3) is 0 Å². The Hall–Kier alpha value is -1.33. The van der Waals surface area contributed by atoms with E-state index >= 15 is 0 Å². The molecular formula is C17H30N2O3. The van der Waals surface area contributed by atoms with Crippen LogP contribution in [-0.4, -0.2) is 39.4 Å². The molecule has 0 bridgehead atoms. The van der Waals surface area contributed by atoms with Crippen molar-refractivity contribution in [3.05, 3.63) is 27.7 Å². The smallest absolute Gasteiger partial charge is 0.223 e. The van der Waals surface area contributed by atoms with E-state index in [1.165, 1.54) is 6.07 Å². The zero-order valence-corrected chi connectivity index (χ0v) is 14.5. The Balaban J connectivity index is 3.40. The molecule has 22 heavy (non-hydrogen) atoms. The molecule has 0 saturated carbocycles. The van der Waals surface area contributed by atoms with Gasteiger partial charge in [0.25, 0.3) is 0 Å². The predicted octanol–water partition coefficient (Wildman–Crippen LogP) is 2.21. The van der Waals surface area contributed by atoms with Crippen LogP contribution < -0.4 is 5.43 Å². The van der Waals surface area contributed by atoms with Gasteiger partial charge in [0.05, 0.1) is 17.8 Å². The van der Waals surface area contributed by atoms with Gasteiger partial charge in [0.2, 0.25) is 5.43 Å². The van der Waals surface area contributed by atoms with E-state index in [9.17, 15) is 15.0 Å². The van der Waals surface area contributed by atoms with Gasteiger partial charge in [-0.3, -0.25) is 9.69 Å².